The van der Waals surface area contributed by atoms with Crippen LogP contribution in [0.25, 0.3) is 0 Å². The summed E-state index contributed by atoms with van der Waals surface area (Å²) in [4.78, 5) is 12.0. The van der Waals surface area contributed by atoms with Crippen molar-refractivity contribution in [1.82, 2.24) is 5.32 Å². The van der Waals surface area contributed by atoms with Gasteiger partial charge in [-0.2, -0.15) is 0 Å². The smallest absolute Gasteiger partial charge is 0.287 e. The lowest BCUT2D eigenvalue weighted by molar-refractivity contribution is 0.0896. The van der Waals surface area contributed by atoms with Gasteiger partial charge in [-0.05, 0) is 36.8 Å². The van der Waals surface area contributed by atoms with Gasteiger partial charge in [-0.25, -0.2) is 0 Å². The maximum absolute atomic E-state index is 12.0. The Labute approximate surface area is 108 Å². The van der Waals surface area contributed by atoms with E-state index in [0.29, 0.717) is 24.0 Å². The van der Waals surface area contributed by atoms with Gasteiger partial charge in [0.2, 0.25) is 0 Å². The van der Waals surface area contributed by atoms with E-state index in [0.717, 1.165) is 12.3 Å². The molecule has 1 aromatic rings. The third-order valence-corrected chi connectivity index (χ3v) is 4.15. The van der Waals surface area contributed by atoms with Crippen molar-refractivity contribution in [2.24, 2.45) is 17.6 Å². The highest BCUT2D eigenvalue weighted by molar-refractivity contribution is 5.91. The van der Waals surface area contributed by atoms with Crippen LogP contribution in [0.3, 0.4) is 0 Å². The summed E-state index contributed by atoms with van der Waals surface area (Å²) in [6, 6.07) is 3.71. The number of carbonyl (C=O) groups is 1. The fourth-order valence-corrected chi connectivity index (χ4v) is 2.88. The molecule has 100 valence electrons. The van der Waals surface area contributed by atoms with Crippen LogP contribution >= 0.6 is 0 Å². The summed E-state index contributed by atoms with van der Waals surface area (Å²) in [7, 11) is 0. The standard InChI is InChI=1S/C14H22N2O2/c1-3-10-4-6-12(9(10)2)16-14(17)13-7-5-11(8-15)18-13/h5,7,9-10,12H,3-4,6,8,15H2,1-2H3,(H,16,17). The summed E-state index contributed by atoms with van der Waals surface area (Å²) in [5.41, 5.74) is 5.46. The molecule has 1 amide bonds. The van der Waals surface area contributed by atoms with Gasteiger partial charge in [0, 0.05) is 6.04 Å². The lowest BCUT2D eigenvalue weighted by atomic mass is 9.93. The second-order valence-corrected chi connectivity index (χ2v) is 5.15. The zero-order valence-corrected chi connectivity index (χ0v) is 11.1. The van der Waals surface area contributed by atoms with Crippen molar-refractivity contribution in [2.75, 3.05) is 0 Å². The second-order valence-electron chi connectivity index (χ2n) is 5.15. The lowest BCUT2D eigenvalue weighted by Gasteiger charge is -2.20. The number of rotatable bonds is 4. The van der Waals surface area contributed by atoms with Crippen molar-refractivity contribution < 1.29 is 9.21 Å². The normalized spacial score (nSPS) is 27.4. The van der Waals surface area contributed by atoms with Crippen LogP contribution in [0.1, 0.15) is 49.4 Å². The summed E-state index contributed by atoms with van der Waals surface area (Å²) < 4.78 is 5.36. The average Bonchev–Trinajstić information content (AvgIpc) is 2.97. The fraction of sp³-hybridized carbons (Fsp3) is 0.643. The van der Waals surface area contributed by atoms with Gasteiger partial charge in [0.15, 0.2) is 5.76 Å². The molecule has 3 atom stereocenters. The van der Waals surface area contributed by atoms with Gasteiger partial charge in [0.1, 0.15) is 5.76 Å². The van der Waals surface area contributed by atoms with Crippen molar-refractivity contribution >= 4 is 5.91 Å². The minimum Gasteiger partial charge on any atom is -0.455 e. The van der Waals surface area contributed by atoms with Gasteiger partial charge < -0.3 is 15.5 Å². The van der Waals surface area contributed by atoms with Crippen LogP contribution < -0.4 is 11.1 Å². The Bertz CT molecular complexity index is 414. The summed E-state index contributed by atoms with van der Waals surface area (Å²) in [6.07, 6.45) is 3.45. The van der Waals surface area contributed by atoms with E-state index in [1.807, 2.05) is 0 Å². The minimum absolute atomic E-state index is 0.122. The summed E-state index contributed by atoms with van der Waals surface area (Å²) in [5, 5.41) is 3.07. The van der Waals surface area contributed by atoms with E-state index in [4.69, 9.17) is 10.2 Å². The van der Waals surface area contributed by atoms with Crippen molar-refractivity contribution in [3.63, 3.8) is 0 Å². The first-order valence-electron chi connectivity index (χ1n) is 6.75. The monoisotopic (exact) mass is 250 g/mol. The number of carbonyl (C=O) groups excluding carboxylic acids is 1. The minimum atomic E-state index is -0.122. The molecule has 0 radical (unpaired) electrons. The van der Waals surface area contributed by atoms with Crippen molar-refractivity contribution in [3.8, 4) is 0 Å². The molecule has 18 heavy (non-hydrogen) atoms. The van der Waals surface area contributed by atoms with E-state index in [-0.39, 0.29) is 11.9 Å². The first kappa shape index (κ1) is 13.1. The quantitative estimate of drug-likeness (QED) is 0.861. The molecule has 2 rings (SSSR count). The van der Waals surface area contributed by atoms with E-state index in [2.05, 4.69) is 19.2 Å². The van der Waals surface area contributed by atoms with Gasteiger partial charge >= 0.3 is 0 Å². The van der Waals surface area contributed by atoms with Gasteiger partial charge in [-0.3, -0.25) is 4.79 Å². The number of nitrogens with one attached hydrogen (secondary N) is 1. The molecule has 0 saturated heterocycles. The zero-order valence-electron chi connectivity index (χ0n) is 11.1. The maximum Gasteiger partial charge on any atom is 0.287 e. The highest BCUT2D eigenvalue weighted by Crippen LogP contribution is 2.33. The zero-order chi connectivity index (χ0) is 13.1. The van der Waals surface area contributed by atoms with Crippen LogP contribution in [0.4, 0.5) is 0 Å². The molecule has 3 unspecified atom stereocenters. The van der Waals surface area contributed by atoms with Gasteiger partial charge in [0.25, 0.3) is 5.91 Å². The lowest BCUT2D eigenvalue weighted by Crippen LogP contribution is -2.37. The second kappa shape index (κ2) is 5.57. The van der Waals surface area contributed by atoms with Crippen molar-refractivity contribution in [1.29, 1.82) is 0 Å². The fourth-order valence-electron chi connectivity index (χ4n) is 2.88. The number of furan rings is 1. The van der Waals surface area contributed by atoms with Crippen LogP contribution in [-0.2, 0) is 6.54 Å². The Morgan fingerprint density at radius 3 is 2.83 bits per heavy atom. The maximum atomic E-state index is 12.0. The molecule has 1 fully saturated rings. The third kappa shape index (κ3) is 2.58. The molecule has 1 saturated carbocycles. The number of hydrogen-bond acceptors (Lipinski definition) is 3. The molecule has 1 aliphatic carbocycles. The average molecular weight is 250 g/mol. The molecule has 4 heteroatoms. The molecule has 0 bridgehead atoms. The Hall–Kier alpha value is -1.29. The van der Waals surface area contributed by atoms with Crippen molar-refractivity contribution in [2.45, 2.75) is 45.7 Å². The SMILES string of the molecule is CCC1CCC(NC(=O)c2ccc(CN)o2)C1C. The molecule has 4 nitrogen and oxygen atoms in total. The molecule has 1 aromatic heterocycles. The molecule has 0 spiro atoms. The van der Waals surface area contributed by atoms with E-state index in [1.54, 1.807) is 12.1 Å². The molecule has 1 heterocycles. The first-order valence-corrected chi connectivity index (χ1v) is 6.75. The summed E-state index contributed by atoms with van der Waals surface area (Å²) >= 11 is 0. The predicted molar refractivity (Wildman–Crippen MR) is 70.0 cm³/mol. The Kier molecular flexibility index (Phi) is 4.07. The third-order valence-electron chi connectivity index (χ3n) is 4.15. The molecular weight excluding hydrogens is 228 g/mol. The van der Waals surface area contributed by atoms with Gasteiger partial charge in [-0.15, -0.1) is 0 Å². The molecule has 0 aromatic carbocycles. The largest absolute Gasteiger partial charge is 0.455 e. The highest BCUT2D eigenvalue weighted by atomic mass is 16.4. The Morgan fingerprint density at radius 2 is 2.28 bits per heavy atom. The van der Waals surface area contributed by atoms with Crippen LogP contribution in [0.15, 0.2) is 16.5 Å². The molecule has 3 N–H and O–H groups in total. The van der Waals surface area contributed by atoms with Gasteiger partial charge in [-0.1, -0.05) is 20.3 Å². The Morgan fingerprint density at radius 1 is 1.50 bits per heavy atom. The highest BCUT2D eigenvalue weighted by Gasteiger charge is 2.32. The van der Waals surface area contributed by atoms with Crippen molar-refractivity contribution in [3.05, 3.63) is 23.7 Å². The van der Waals surface area contributed by atoms with Crippen LogP contribution in [-0.4, -0.2) is 11.9 Å². The van der Waals surface area contributed by atoms with Crippen LogP contribution in [0, 0.1) is 11.8 Å². The molecule has 1 aliphatic rings. The number of nitrogens with two attached hydrogens (primary N) is 1. The predicted octanol–water partition coefficient (Wildman–Crippen LogP) is 2.29. The molecule has 0 aliphatic heterocycles. The molecular formula is C14H22N2O2. The number of hydrogen-bond donors (Lipinski definition) is 2. The Balaban J connectivity index is 1.95. The first-order chi connectivity index (χ1) is 8.65. The van der Waals surface area contributed by atoms with Crippen LogP contribution in [0.2, 0.25) is 0 Å². The van der Waals surface area contributed by atoms with E-state index in [1.165, 1.54) is 12.8 Å². The summed E-state index contributed by atoms with van der Waals surface area (Å²) in [5.74, 6) is 2.16. The number of amides is 1. The van der Waals surface area contributed by atoms with Gasteiger partial charge in [0.05, 0.1) is 6.54 Å². The van der Waals surface area contributed by atoms with E-state index in [9.17, 15) is 4.79 Å². The van der Waals surface area contributed by atoms with Crippen LogP contribution in [0.5, 0.6) is 0 Å². The van der Waals surface area contributed by atoms with E-state index < -0.39 is 0 Å². The van der Waals surface area contributed by atoms with E-state index >= 15 is 0 Å². The summed E-state index contributed by atoms with van der Waals surface area (Å²) in [6.45, 7) is 4.76. The topological polar surface area (TPSA) is 68.3 Å².